The minimum absolute atomic E-state index is 0.255. The van der Waals surface area contributed by atoms with Crippen LogP contribution in [0.4, 0.5) is 5.69 Å². The molecule has 3 aliphatic rings. The first-order valence-corrected chi connectivity index (χ1v) is 11.4. The third-order valence-corrected chi connectivity index (χ3v) is 8.78. The lowest BCUT2D eigenvalue weighted by molar-refractivity contribution is 0.114. The van der Waals surface area contributed by atoms with Gasteiger partial charge in [0.15, 0.2) is 5.60 Å². The second-order valence-corrected chi connectivity index (χ2v) is 10.1. The fourth-order valence-electron chi connectivity index (χ4n) is 5.21. The lowest BCUT2D eigenvalue weighted by atomic mass is 9.84. The number of thioether (sulfide) groups is 1. The quantitative estimate of drug-likeness (QED) is 0.695. The minimum atomic E-state index is -1.30. The average Bonchev–Trinajstić information content (AvgIpc) is 3.36. The lowest BCUT2D eigenvalue weighted by Gasteiger charge is -2.25. The van der Waals surface area contributed by atoms with E-state index in [0.717, 1.165) is 11.5 Å². The molecule has 0 saturated heterocycles. The number of rotatable bonds is 3. The molecule has 3 unspecified atom stereocenters. The molecule has 146 valence electrons. The molecule has 0 radical (unpaired) electrons. The second-order valence-electron chi connectivity index (χ2n) is 8.45. The summed E-state index contributed by atoms with van der Waals surface area (Å²) in [5, 5.41) is 12.8. The van der Waals surface area contributed by atoms with Crippen LogP contribution in [0.15, 0.2) is 46.3 Å². The third kappa shape index (κ3) is 2.80. The number of halogens is 1. The van der Waals surface area contributed by atoms with Gasteiger partial charge in [-0.25, -0.2) is 4.99 Å². The van der Waals surface area contributed by atoms with E-state index >= 15 is 0 Å². The molecule has 2 aromatic rings. The summed E-state index contributed by atoms with van der Waals surface area (Å²) in [7, 11) is 0. The number of fused-ring (bicyclic) bond motifs is 2. The van der Waals surface area contributed by atoms with Crippen LogP contribution in [0, 0.1) is 5.92 Å². The number of aliphatic imine (C=N–C) groups is 1. The van der Waals surface area contributed by atoms with Crippen LogP contribution in [-0.4, -0.2) is 16.2 Å². The van der Waals surface area contributed by atoms with Crippen LogP contribution in [0.2, 0.25) is 5.02 Å². The Morgan fingerprint density at radius 2 is 2.04 bits per heavy atom. The van der Waals surface area contributed by atoms with E-state index in [1.807, 2.05) is 17.8 Å². The zero-order chi connectivity index (χ0) is 19.5. The van der Waals surface area contributed by atoms with E-state index in [0.29, 0.717) is 33.9 Å². The monoisotopic (exact) mass is 412 g/mol. The Morgan fingerprint density at radius 3 is 2.82 bits per heavy atom. The smallest absolute Gasteiger partial charge is 0.153 e. The average molecular weight is 413 g/mol. The summed E-state index contributed by atoms with van der Waals surface area (Å²) >= 11 is 8.22. The van der Waals surface area contributed by atoms with Gasteiger partial charge in [-0.3, -0.25) is 0 Å². The molecule has 5 heteroatoms. The largest absolute Gasteiger partial charge is 0.384 e. The van der Waals surface area contributed by atoms with Gasteiger partial charge in [-0.05, 0) is 54.0 Å². The topological polar surface area (TPSA) is 58.6 Å². The van der Waals surface area contributed by atoms with Crippen molar-refractivity contribution in [1.82, 2.24) is 0 Å². The molecule has 0 spiro atoms. The van der Waals surface area contributed by atoms with Crippen LogP contribution in [0.25, 0.3) is 0 Å². The van der Waals surface area contributed by atoms with Crippen LogP contribution in [0.5, 0.6) is 0 Å². The summed E-state index contributed by atoms with van der Waals surface area (Å²) in [6, 6.07) is 11.9. The third-order valence-electron chi connectivity index (χ3n) is 6.74. The number of nitrogens with two attached hydrogens (primary N) is 1. The van der Waals surface area contributed by atoms with Crippen molar-refractivity contribution in [2.45, 2.75) is 60.7 Å². The fourth-order valence-corrected chi connectivity index (χ4v) is 7.15. The van der Waals surface area contributed by atoms with Gasteiger partial charge in [0, 0.05) is 27.2 Å². The van der Waals surface area contributed by atoms with Crippen molar-refractivity contribution in [3.05, 3.63) is 58.1 Å². The Morgan fingerprint density at radius 1 is 1.25 bits per heavy atom. The molecule has 28 heavy (non-hydrogen) atoms. The van der Waals surface area contributed by atoms with Crippen LogP contribution < -0.4 is 5.73 Å². The molecule has 1 fully saturated rings. The van der Waals surface area contributed by atoms with Gasteiger partial charge >= 0.3 is 0 Å². The van der Waals surface area contributed by atoms with Crippen molar-refractivity contribution < 1.29 is 5.11 Å². The highest BCUT2D eigenvalue weighted by atomic mass is 35.5. The number of amidine groups is 1. The Bertz CT molecular complexity index is 969. The highest BCUT2D eigenvalue weighted by molar-refractivity contribution is 8.00. The van der Waals surface area contributed by atoms with Crippen molar-refractivity contribution in [1.29, 1.82) is 0 Å². The van der Waals surface area contributed by atoms with Crippen LogP contribution in [0.1, 0.15) is 55.2 Å². The van der Waals surface area contributed by atoms with Crippen molar-refractivity contribution in [2.24, 2.45) is 16.6 Å². The zero-order valence-electron chi connectivity index (χ0n) is 16.0. The van der Waals surface area contributed by atoms with Crippen molar-refractivity contribution in [3.8, 4) is 0 Å². The first-order chi connectivity index (χ1) is 13.5. The van der Waals surface area contributed by atoms with Crippen molar-refractivity contribution in [2.75, 3.05) is 0 Å². The Hall–Kier alpha value is -1.49. The predicted molar refractivity (Wildman–Crippen MR) is 117 cm³/mol. The Balaban J connectivity index is 1.50. The highest BCUT2D eigenvalue weighted by Gasteiger charge is 2.43. The standard InChI is InChI=1S/C23H25ClN2OS/c1-13-17-8-4-7-15(21(17)28-20(13)14-5-2-3-6-14)12-23(27)18-11-16(24)9-10-19(18)26-22(23)25/h4,7-11,13-14,20,27H,2-3,5-6,12H2,1H3,(H2,25,26). The maximum Gasteiger partial charge on any atom is 0.153 e. The summed E-state index contributed by atoms with van der Waals surface area (Å²) in [6.07, 6.45) is 5.85. The minimum Gasteiger partial charge on any atom is -0.384 e. The molecular weight excluding hydrogens is 388 g/mol. The molecule has 0 aromatic heterocycles. The number of hydrogen-bond donors (Lipinski definition) is 2. The van der Waals surface area contributed by atoms with Gasteiger partial charge in [-0.2, -0.15) is 0 Å². The van der Waals surface area contributed by atoms with E-state index < -0.39 is 5.60 Å². The normalized spacial score (nSPS) is 29.0. The highest BCUT2D eigenvalue weighted by Crippen LogP contribution is 2.53. The Labute approximate surface area is 175 Å². The van der Waals surface area contributed by atoms with E-state index in [1.165, 1.54) is 36.1 Å². The number of hydrogen-bond acceptors (Lipinski definition) is 4. The van der Waals surface area contributed by atoms with Gasteiger partial charge in [0.2, 0.25) is 0 Å². The summed E-state index contributed by atoms with van der Waals surface area (Å²) < 4.78 is 0. The van der Waals surface area contributed by atoms with Gasteiger partial charge in [-0.15, -0.1) is 11.8 Å². The maximum atomic E-state index is 11.5. The molecule has 0 amide bonds. The van der Waals surface area contributed by atoms with E-state index in [1.54, 1.807) is 12.1 Å². The molecule has 5 rings (SSSR count). The first kappa shape index (κ1) is 18.5. The number of aliphatic hydroxyl groups is 1. The van der Waals surface area contributed by atoms with Crippen molar-refractivity contribution >= 4 is 34.9 Å². The second kappa shape index (κ2) is 6.79. The lowest BCUT2D eigenvalue weighted by Crippen LogP contribution is -2.40. The summed E-state index contributed by atoms with van der Waals surface area (Å²) in [5.74, 6) is 1.61. The van der Waals surface area contributed by atoms with Gasteiger partial charge in [0.25, 0.3) is 0 Å². The molecule has 2 heterocycles. The van der Waals surface area contributed by atoms with Crippen molar-refractivity contribution in [3.63, 3.8) is 0 Å². The number of benzene rings is 2. The van der Waals surface area contributed by atoms with Gasteiger partial charge < -0.3 is 10.8 Å². The van der Waals surface area contributed by atoms with E-state index in [9.17, 15) is 5.11 Å². The zero-order valence-corrected chi connectivity index (χ0v) is 17.6. The van der Waals surface area contributed by atoms with E-state index in [4.69, 9.17) is 17.3 Å². The van der Waals surface area contributed by atoms with Gasteiger partial charge in [0.1, 0.15) is 5.84 Å². The molecule has 2 aliphatic heterocycles. The molecular formula is C23H25ClN2OS. The van der Waals surface area contributed by atoms with Crippen LogP contribution >= 0.6 is 23.4 Å². The molecule has 1 saturated carbocycles. The fraction of sp³-hybridized carbons (Fsp3) is 0.435. The summed E-state index contributed by atoms with van der Waals surface area (Å²) in [5.41, 5.74) is 8.90. The molecule has 1 aliphatic carbocycles. The predicted octanol–water partition coefficient (Wildman–Crippen LogP) is 5.54. The Kier molecular flexibility index (Phi) is 4.49. The first-order valence-electron chi connectivity index (χ1n) is 10.1. The summed E-state index contributed by atoms with van der Waals surface area (Å²) in [4.78, 5) is 5.74. The van der Waals surface area contributed by atoms with Crippen LogP contribution in [-0.2, 0) is 12.0 Å². The molecule has 3 nitrogen and oxygen atoms in total. The summed E-state index contributed by atoms with van der Waals surface area (Å²) in [6.45, 7) is 2.36. The SMILES string of the molecule is CC1c2cccc(CC3(O)C(N)=Nc4ccc(Cl)cc43)c2SC1C1CCCC1. The maximum absolute atomic E-state index is 11.5. The van der Waals surface area contributed by atoms with Crippen LogP contribution in [0.3, 0.4) is 0 Å². The number of nitrogens with zero attached hydrogens (tertiary/aromatic N) is 1. The van der Waals surface area contributed by atoms with E-state index in [-0.39, 0.29) is 5.84 Å². The molecule has 3 atom stereocenters. The van der Waals surface area contributed by atoms with E-state index in [2.05, 4.69) is 30.1 Å². The molecule has 0 bridgehead atoms. The van der Waals surface area contributed by atoms with Gasteiger partial charge in [-0.1, -0.05) is 49.6 Å². The molecule has 2 aromatic carbocycles. The molecule has 3 N–H and O–H groups in total. The van der Waals surface area contributed by atoms with Gasteiger partial charge in [0.05, 0.1) is 5.69 Å².